The van der Waals surface area contributed by atoms with Crippen LogP contribution in [-0.2, 0) is 9.59 Å². The summed E-state index contributed by atoms with van der Waals surface area (Å²) in [4.78, 5) is 23.8. The molecule has 1 aromatic rings. The maximum absolute atomic E-state index is 11.3. The van der Waals surface area contributed by atoms with E-state index in [9.17, 15) is 14.7 Å². The van der Waals surface area contributed by atoms with Gasteiger partial charge < -0.3 is 10.0 Å². The molecule has 0 aliphatic rings. The van der Waals surface area contributed by atoms with Crippen LogP contribution < -0.4 is 0 Å². The van der Waals surface area contributed by atoms with Crippen molar-refractivity contribution in [3.8, 4) is 0 Å². The monoisotopic (exact) mass is 249 g/mol. The maximum Gasteiger partial charge on any atom is 0.326 e. The van der Waals surface area contributed by atoms with E-state index in [0.29, 0.717) is 6.42 Å². The standard InChI is InChI=1S/C14H19NO3/c1-10(12-7-5-4-6-8-12)9-13(14(17)18)15(3)11(2)16/h4-8,10,13H,9H2,1-3H3,(H,17,18). The van der Waals surface area contributed by atoms with E-state index in [1.165, 1.54) is 18.9 Å². The van der Waals surface area contributed by atoms with E-state index >= 15 is 0 Å². The molecule has 1 rings (SSSR count). The summed E-state index contributed by atoms with van der Waals surface area (Å²) in [6.07, 6.45) is 0.412. The van der Waals surface area contributed by atoms with Crippen LogP contribution in [0, 0.1) is 0 Å². The SMILES string of the molecule is CC(=O)N(C)C(CC(C)c1ccccc1)C(=O)O. The summed E-state index contributed by atoms with van der Waals surface area (Å²) in [5.74, 6) is -1.10. The Morgan fingerprint density at radius 2 is 1.83 bits per heavy atom. The number of nitrogens with zero attached hydrogens (tertiary/aromatic N) is 1. The summed E-state index contributed by atoms with van der Waals surface area (Å²) in [6, 6.07) is 8.94. The number of hydrogen-bond donors (Lipinski definition) is 1. The van der Waals surface area contributed by atoms with Gasteiger partial charge in [0, 0.05) is 14.0 Å². The number of carboxylic acids is 1. The summed E-state index contributed by atoms with van der Waals surface area (Å²) < 4.78 is 0. The van der Waals surface area contributed by atoms with Gasteiger partial charge in [0.15, 0.2) is 0 Å². The Bertz CT molecular complexity index is 416. The van der Waals surface area contributed by atoms with Crippen LogP contribution in [0.3, 0.4) is 0 Å². The van der Waals surface area contributed by atoms with Crippen LogP contribution in [0.4, 0.5) is 0 Å². The summed E-state index contributed by atoms with van der Waals surface area (Å²) in [7, 11) is 1.53. The van der Waals surface area contributed by atoms with Gasteiger partial charge in [0.1, 0.15) is 6.04 Å². The third kappa shape index (κ3) is 3.58. The lowest BCUT2D eigenvalue weighted by Gasteiger charge is -2.26. The summed E-state index contributed by atoms with van der Waals surface area (Å²) in [5.41, 5.74) is 1.08. The minimum Gasteiger partial charge on any atom is -0.480 e. The third-order valence-electron chi connectivity index (χ3n) is 3.19. The second-order valence-corrected chi connectivity index (χ2v) is 4.53. The molecule has 0 fully saturated rings. The number of likely N-dealkylation sites (N-methyl/N-ethyl adjacent to an activating group) is 1. The molecule has 0 saturated heterocycles. The van der Waals surface area contributed by atoms with Crippen LogP contribution in [0.2, 0.25) is 0 Å². The van der Waals surface area contributed by atoms with Crippen LogP contribution in [0.5, 0.6) is 0 Å². The molecule has 2 atom stereocenters. The number of carboxylic acid groups (broad SMARTS) is 1. The predicted octanol–water partition coefficient (Wildman–Crippen LogP) is 2.11. The van der Waals surface area contributed by atoms with Crippen molar-refractivity contribution in [2.24, 2.45) is 0 Å². The summed E-state index contributed by atoms with van der Waals surface area (Å²) in [6.45, 7) is 3.35. The van der Waals surface area contributed by atoms with E-state index in [4.69, 9.17) is 0 Å². The first-order valence-electron chi connectivity index (χ1n) is 5.94. The molecule has 1 aromatic carbocycles. The zero-order valence-electron chi connectivity index (χ0n) is 11.0. The zero-order chi connectivity index (χ0) is 13.7. The molecule has 1 N–H and O–H groups in total. The van der Waals surface area contributed by atoms with Crippen molar-refractivity contribution in [3.05, 3.63) is 35.9 Å². The van der Waals surface area contributed by atoms with Crippen molar-refractivity contribution in [2.75, 3.05) is 7.05 Å². The van der Waals surface area contributed by atoms with Crippen molar-refractivity contribution in [1.82, 2.24) is 4.90 Å². The second kappa shape index (κ2) is 6.19. The largest absolute Gasteiger partial charge is 0.480 e. The highest BCUT2D eigenvalue weighted by atomic mass is 16.4. The third-order valence-corrected chi connectivity index (χ3v) is 3.19. The van der Waals surface area contributed by atoms with Crippen LogP contribution in [0.15, 0.2) is 30.3 Å². The van der Waals surface area contributed by atoms with E-state index in [-0.39, 0.29) is 11.8 Å². The molecule has 0 aromatic heterocycles. The average Bonchev–Trinajstić information content (AvgIpc) is 2.35. The minimum atomic E-state index is -0.963. The van der Waals surface area contributed by atoms with Gasteiger partial charge in [-0.3, -0.25) is 4.79 Å². The van der Waals surface area contributed by atoms with Gasteiger partial charge in [0.25, 0.3) is 0 Å². The second-order valence-electron chi connectivity index (χ2n) is 4.53. The number of benzene rings is 1. The molecule has 0 aliphatic heterocycles. The van der Waals surface area contributed by atoms with Crippen LogP contribution in [-0.4, -0.2) is 35.0 Å². The molecule has 98 valence electrons. The summed E-state index contributed by atoms with van der Waals surface area (Å²) in [5, 5.41) is 9.19. The molecular formula is C14H19NO3. The van der Waals surface area contributed by atoms with Crippen molar-refractivity contribution < 1.29 is 14.7 Å². The maximum atomic E-state index is 11.3. The van der Waals surface area contributed by atoms with Gasteiger partial charge >= 0.3 is 5.97 Å². The van der Waals surface area contributed by atoms with E-state index in [0.717, 1.165) is 5.56 Å². The highest BCUT2D eigenvalue weighted by Crippen LogP contribution is 2.22. The number of carbonyl (C=O) groups is 2. The smallest absolute Gasteiger partial charge is 0.326 e. The van der Waals surface area contributed by atoms with E-state index < -0.39 is 12.0 Å². The molecule has 4 nitrogen and oxygen atoms in total. The Morgan fingerprint density at radius 3 is 2.28 bits per heavy atom. The van der Waals surface area contributed by atoms with Gasteiger partial charge in [-0.2, -0.15) is 0 Å². The lowest BCUT2D eigenvalue weighted by molar-refractivity contribution is -0.148. The van der Waals surface area contributed by atoms with Gasteiger partial charge in [-0.05, 0) is 17.9 Å². The normalized spacial score (nSPS) is 13.7. The number of hydrogen-bond acceptors (Lipinski definition) is 2. The van der Waals surface area contributed by atoms with Gasteiger partial charge in [0.05, 0.1) is 0 Å². The topological polar surface area (TPSA) is 57.6 Å². The van der Waals surface area contributed by atoms with Crippen molar-refractivity contribution in [3.63, 3.8) is 0 Å². The van der Waals surface area contributed by atoms with Crippen LogP contribution in [0.1, 0.15) is 31.7 Å². The van der Waals surface area contributed by atoms with Crippen LogP contribution >= 0.6 is 0 Å². The zero-order valence-corrected chi connectivity index (χ0v) is 11.0. The van der Waals surface area contributed by atoms with Crippen LogP contribution in [0.25, 0.3) is 0 Å². The average molecular weight is 249 g/mol. The minimum absolute atomic E-state index is 0.0918. The fourth-order valence-corrected chi connectivity index (χ4v) is 1.90. The van der Waals surface area contributed by atoms with Gasteiger partial charge in [-0.25, -0.2) is 4.79 Å². The Balaban J connectivity index is 2.79. The molecule has 1 amide bonds. The number of aliphatic carboxylic acids is 1. The lowest BCUT2D eigenvalue weighted by atomic mass is 9.93. The Hall–Kier alpha value is -1.84. The highest BCUT2D eigenvalue weighted by Gasteiger charge is 2.26. The molecule has 0 bridgehead atoms. The predicted molar refractivity (Wildman–Crippen MR) is 69.3 cm³/mol. The molecule has 4 heteroatoms. The Labute approximate surface area is 107 Å². The number of carbonyl (C=O) groups excluding carboxylic acids is 1. The fraction of sp³-hybridized carbons (Fsp3) is 0.429. The van der Waals surface area contributed by atoms with E-state index in [2.05, 4.69) is 0 Å². The number of rotatable bonds is 5. The van der Waals surface area contributed by atoms with E-state index in [1.807, 2.05) is 37.3 Å². The molecule has 0 saturated carbocycles. The Kier molecular flexibility index (Phi) is 4.89. The first-order valence-corrected chi connectivity index (χ1v) is 5.94. The van der Waals surface area contributed by atoms with Crippen molar-refractivity contribution >= 4 is 11.9 Å². The quantitative estimate of drug-likeness (QED) is 0.869. The summed E-state index contributed by atoms with van der Waals surface area (Å²) >= 11 is 0. The number of amides is 1. The fourth-order valence-electron chi connectivity index (χ4n) is 1.90. The molecule has 0 spiro atoms. The molecule has 2 unspecified atom stereocenters. The first-order chi connectivity index (χ1) is 8.43. The first kappa shape index (κ1) is 14.2. The molecule has 0 radical (unpaired) electrons. The van der Waals surface area contributed by atoms with E-state index in [1.54, 1.807) is 0 Å². The lowest BCUT2D eigenvalue weighted by Crippen LogP contribution is -2.42. The molecule has 0 heterocycles. The van der Waals surface area contributed by atoms with Gasteiger partial charge in [0.2, 0.25) is 5.91 Å². The van der Waals surface area contributed by atoms with Crippen molar-refractivity contribution in [2.45, 2.75) is 32.2 Å². The van der Waals surface area contributed by atoms with Gasteiger partial charge in [-0.1, -0.05) is 37.3 Å². The molecule has 18 heavy (non-hydrogen) atoms. The Morgan fingerprint density at radius 1 is 1.28 bits per heavy atom. The van der Waals surface area contributed by atoms with Gasteiger partial charge in [-0.15, -0.1) is 0 Å². The van der Waals surface area contributed by atoms with Crippen molar-refractivity contribution in [1.29, 1.82) is 0 Å². The molecular weight excluding hydrogens is 230 g/mol. The highest BCUT2D eigenvalue weighted by molar-refractivity contribution is 5.82. The molecule has 0 aliphatic carbocycles.